The van der Waals surface area contributed by atoms with E-state index in [1.807, 2.05) is 6.07 Å². The third-order valence-corrected chi connectivity index (χ3v) is 3.32. The van der Waals surface area contributed by atoms with Gasteiger partial charge in [-0.05, 0) is 31.4 Å². The summed E-state index contributed by atoms with van der Waals surface area (Å²) in [5.74, 6) is -0.363. The van der Waals surface area contributed by atoms with Crippen LogP contribution in [-0.2, 0) is 11.2 Å². The molecule has 0 radical (unpaired) electrons. The molecule has 100 valence electrons. The molecular weight excluding hydrogens is 244 g/mol. The van der Waals surface area contributed by atoms with Gasteiger partial charge in [0, 0.05) is 24.7 Å². The van der Waals surface area contributed by atoms with Gasteiger partial charge in [0.15, 0.2) is 0 Å². The number of aryl methyl sites for hydroxylation is 1. The zero-order valence-corrected chi connectivity index (χ0v) is 11.0. The monoisotopic (exact) mass is 260 g/mol. The Kier molecular flexibility index (Phi) is 3.64. The van der Waals surface area contributed by atoms with E-state index >= 15 is 0 Å². The Hall–Kier alpha value is -2.17. The molecule has 0 aliphatic carbocycles. The van der Waals surface area contributed by atoms with Crippen molar-refractivity contribution in [1.29, 1.82) is 0 Å². The van der Waals surface area contributed by atoms with E-state index in [-0.39, 0.29) is 17.4 Å². The number of hydrogen-bond donors (Lipinski definition) is 1. The van der Waals surface area contributed by atoms with Gasteiger partial charge in [0.2, 0.25) is 11.7 Å². The summed E-state index contributed by atoms with van der Waals surface area (Å²) in [5.41, 5.74) is 2.32. The van der Waals surface area contributed by atoms with Crippen molar-refractivity contribution in [3.63, 3.8) is 0 Å². The van der Waals surface area contributed by atoms with E-state index in [1.165, 1.54) is 13.8 Å². The van der Waals surface area contributed by atoms with Crippen LogP contribution in [-0.4, -0.2) is 29.2 Å². The molecule has 1 heterocycles. The van der Waals surface area contributed by atoms with Gasteiger partial charge in [0.05, 0.1) is 0 Å². The van der Waals surface area contributed by atoms with Crippen LogP contribution < -0.4 is 4.90 Å². The number of rotatable bonds is 2. The summed E-state index contributed by atoms with van der Waals surface area (Å²) in [7, 11) is 0. The highest BCUT2D eigenvalue weighted by Crippen LogP contribution is 2.28. The Labute approximate surface area is 111 Å². The topological polar surface area (TPSA) is 70.0 Å². The first-order valence-corrected chi connectivity index (χ1v) is 6.19. The molecule has 0 atom stereocenters. The summed E-state index contributed by atoms with van der Waals surface area (Å²) in [6.07, 6.45) is 1.83. The number of oxime groups is 1. The summed E-state index contributed by atoms with van der Waals surface area (Å²) >= 11 is 0. The van der Waals surface area contributed by atoms with Crippen LogP contribution in [0.25, 0.3) is 0 Å². The minimum Gasteiger partial charge on any atom is -0.411 e. The number of hydrogen-bond acceptors (Lipinski definition) is 4. The average molecular weight is 260 g/mol. The van der Waals surface area contributed by atoms with Crippen LogP contribution in [0.1, 0.15) is 36.2 Å². The fraction of sp³-hybridized carbons (Fsp3) is 0.357. The minimum absolute atomic E-state index is 0.0295. The molecule has 0 aromatic heterocycles. The van der Waals surface area contributed by atoms with Crippen molar-refractivity contribution in [2.45, 2.75) is 26.7 Å². The molecule has 1 N–H and O–H groups in total. The number of carbonyl (C=O) groups is 2. The zero-order valence-electron chi connectivity index (χ0n) is 11.0. The Bertz CT molecular complexity index is 564. The molecule has 19 heavy (non-hydrogen) atoms. The van der Waals surface area contributed by atoms with E-state index in [0.717, 1.165) is 24.1 Å². The number of benzene rings is 1. The lowest BCUT2D eigenvalue weighted by atomic mass is 9.97. The van der Waals surface area contributed by atoms with E-state index in [2.05, 4.69) is 5.16 Å². The molecule has 1 amide bonds. The summed E-state index contributed by atoms with van der Waals surface area (Å²) < 4.78 is 0. The molecule has 2 rings (SSSR count). The second kappa shape index (κ2) is 5.22. The molecule has 0 saturated heterocycles. The second-order valence-corrected chi connectivity index (χ2v) is 4.63. The number of anilines is 1. The molecule has 1 aliphatic rings. The second-order valence-electron chi connectivity index (χ2n) is 4.63. The van der Waals surface area contributed by atoms with Crippen LogP contribution in [0.4, 0.5) is 5.69 Å². The normalized spacial score (nSPS) is 15.1. The van der Waals surface area contributed by atoms with Crippen LogP contribution in [0.15, 0.2) is 23.4 Å². The highest BCUT2D eigenvalue weighted by Gasteiger charge is 2.22. The van der Waals surface area contributed by atoms with Crippen molar-refractivity contribution in [2.75, 3.05) is 11.4 Å². The quantitative estimate of drug-likeness (QED) is 0.383. The number of fused-ring (bicyclic) bond motifs is 1. The Morgan fingerprint density at radius 1 is 1.32 bits per heavy atom. The maximum absolute atomic E-state index is 11.9. The smallest absolute Gasteiger partial charge is 0.223 e. The van der Waals surface area contributed by atoms with Crippen LogP contribution in [0, 0.1) is 0 Å². The van der Waals surface area contributed by atoms with Crippen LogP contribution in [0.3, 0.4) is 0 Å². The highest BCUT2D eigenvalue weighted by molar-refractivity contribution is 6.45. The van der Waals surface area contributed by atoms with Gasteiger partial charge in [-0.1, -0.05) is 17.3 Å². The largest absolute Gasteiger partial charge is 0.411 e. The molecule has 1 aromatic rings. The molecule has 1 aliphatic heterocycles. The van der Waals surface area contributed by atoms with E-state index in [4.69, 9.17) is 5.21 Å². The summed E-state index contributed by atoms with van der Waals surface area (Å²) in [4.78, 5) is 25.2. The Balaban J connectivity index is 2.44. The lowest BCUT2D eigenvalue weighted by Crippen LogP contribution is -2.33. The molecule has 0 saturated carbocycles. The van der Waals surface area contributed by atoms with Gasteiger partial charge < -0.3 is 10.1 Å². The first-order chi connectivity index (χ1) is 9.04. The molecule has 5 nitrogen and oxygen atoms in total. The summed E-state index contributed by atoms with van der Waals surface area (Å²) in [6.45, 7) is 3.64. The number of nitrogens with zero attached hydrogens (tertiary/aromatic N) is 2. The van der Waals surface area contributed by atoms with Crippen LogP contribution in [0.2, 0.25) is 0 Å². The fourth-order valence-electron chi connectivity index (χ4n) is 2.30. The molecular formula is C14H16N2O3. The fourth-order valence-corrected chi connectivity index (χ4v) is 2.30. The van der Waals surface area contributed by atoms with Gasteiger partial charge >= 0.3 is 0 Å². The van der Waals surface area contributed by atoms with Crippen molar-refractivity contribution in [2.24, 2.45) is 5.16 Å². The maximum Gasteiger partial charge on any atom is 0.223 e. The van der Waals surface area contributed by atoms with Gasteiger partial charge in [0.1, 0.15) is 5.71 Å². The van der Waals surface area contributed by atoms with Gasteiger partial charge in [-0.15, -0.1) is 0 Å². The van der Waals surface area contributed by atoms with E-state index < -0.39 is 0 Å². The lowest BCUT2D eigenvalue weighted by molar-refractivity contribution is -0.116. The van der Waals surface area contributed by atoms with Crippen LogP contribution >= 0.6 is 0 Å². The first-order valence-electron chi connectivity index (χ1n) is 6.19. The number of ketones is 1. The van der Waals surface area contributed by atoms with E-state index in [1.54, 1.807) is 17.0 Å². The van der Waals surface area contributed by atoms with Crippen molar-refractivity contribution >= 4 is 23.1 Å². The molecule has 0 spiro atoms. The number of carbonyl (C=O) groups excluding carboxylic acids is 2. The predicted octanol–water partition coefficient (Wildman–Crippen LogP) is 2.02. The Morgan fingerprint density at radius 2 is 2.05 bits per heavy atom. The third-order valence-electron chi connectivity index (χ3n) is 3.32. The average Bonchev–Trinajstić information content (AvgIpc) is 2.44. The van der Waals surface area contributed by atoms with E-state index in [0.29, 0.717) is 12.1 Å². The predicted molar refractivity (Wildman–Crippen MR) is 72.0 cm³/mol. The Morgan fingerprint density at radius 3 is 2.68 bits per heavy atom. The number of Topliss-reactive ketones (excluding diaryl/α,β-unsaturated/α-hetero) is 1. The standard InChI is InChI=1S/C14H16N2O3/c1-9(15-19)14(18)12-6-5-11-4-3-7-16(10(2)17)13(11)8-12/h5-6,8,19H,3-4,7H2,1-2H3/b15-9-. The van der Waals surface area contributed by atoms with Gasteiger partial charge in [0.25, 0.3) is 0 Å². The maximum atomic E-state index is 11.9. The lowest BCUT2D eigenvalue weighted by Gasteiger charge is -2.28. The van der Waals surface area contributed by atoms with Crippen molar-refractivity contribution < 1.29 is 14.8 Å². The summed E-state index contributed by atoms with van der Waals surface area (Å²) in [5, 5.41) is 11.6. The number of amides is 1. The van der Waals surface area contributed by atoms with Crippen molar-refractivity contribution in [3.8, 4) is 0 Å². The molecule has 0 bridgehead atoms. The third kappa shape index (κ3) is 2.50. The zero-order chi connectivity index (χ0) is 14.0. The van der Waals surface area contributed by atoms with Crippen LogP contribution in [0.5, 0.6) is 0 Å². The van der Waals surface area contributed by atoms with Gasteiger partial charge in [-0.3, -0.25) is 9.59 Å². The van der Waals surface area contributed by atoms with Crippen molar-refractivity contribution in [1.82, 2.24) is 0 Å². The molecule has 0 fully saturated rings. The highest BCUT2D eigenvalue weighted by atomic mass is 16.4. The first kappa shape index (κ1) is 13.3. The van der Waals surface area contributed by atoms with Gasteiger partial charge in [-0.25, -0.2) is 0 Å². The van der Waals surface area contributed by atoms with E-state index in [9.17, 15) is 9.59 Å². The summed E-state index contributed by atoms with van der Waals surface area (Å²) in [6, 6.07) is 5.27. The van der Waals surface area contributed by atoms with Crippen molar-refractivity contribution in [3.05, 3.63) is 29.3 Å². The molecule has 1 aromatic carbocycles. The molecule has 5 heteroatoms. The minimum atomic E-state index is -0.334. The molecule has 0 unspecified atom stereocenters. The van der Waals surface area contributed by atoms with Gasteiger partial charge in [-0.2, -0.15) is 0 Å². The SMILES string of the molecule is CC(=O)N1CCCc2ccc(C(=O)/C(C)=N\O)cc21.